The molecule has 3 amide bonds. The summed E-state index contributed by atoms with van der Waals surface area (Å²) in [6, 6.07) is 6.39. The van der Waals surface area contributed by atoms with Gasteiger partial charge in [0.25, 0.3) is 5.91 Å². The molecule has 7 heteroatoms. The molecule has 118 valence electrons. The van der Waals surface area contributed by atoms with Crippen molar-refractivity contribution < 1.29 is 19.1 Å². The van der Waals surface area contributed by atoms with Crippen LogP contribution >= 0.6 is 0 Å². The number of hydrogen-bond acceptors (Lipinski definition) is 5. The number of hydrogen-bond donors (Lipinski definition) is 1. The lowest BCUT2D eigenvalue weighted by Crippen LogP contribution is -2.41. The average molecular weight is 305 g/mol. The Morgan fingerprint density at radius 1 is 1.27 bits per heavy atom. The smallest absolute Gasteiger partial charge is 0.338 e. The maximum Gasteiger partial charge on any atom is 0.338 e. The number of amides is 3. The van der Waals surface area contributed by atoms with E-state index >= 15 is 0 Å². The van der Waals surface area contributed by atoms with Gasteiger partial charge in [-0.3, -0.25) is 9.69 Å². The first-order valence-electron chi connectivity index (χ1n) is 6.97. The van der Waals surface area contributed by atoms with Crippen LogP contribution in [-0.4, -0.2) is 56.1 Å². The maximum atomic E-state index is 12.0. The predicted octanol–water partition coefficient (Wildman–Crippen LogP) is 0.850. The van der Waals surface area contributed by atoms with Gasteiger partial charge in [-0.2, -0.15) is 0 Å². The van der Waals surface area contributed by atoms with Gasteiger partial charge in [0.2, 0.25) is 0 Å². The molecule has 1 N–H and O–H groups in total. The number of anilines is 1. The Labute approximate surface area is 128 Å². The van der Waals surface area contributed by atoms with E-state index in [-0.39, 0.29) is 6.54 Å². The van der Waals surface area contributed by atoms with E-state index in [1.165, 1.54) is 6.92 Å². The number of benzene rings is 1. The Kier molecular flexibility index (Phi) is 4.65. The molecule has 7 nitrogen and oxygen atoms in total. The highest BCUT2D eigenvalue weighted by Crippen LogP contribution is 2.14. The second kappa shape index (κ2) is 6.46. The number of imide groups is 1. The molecule has 1 fully saturated rings. The Morgan fingerprint density at radius 3 is 2.41 bits per heavy atom. The quantitative estimate of drug-likeness (QED) is 0.834. The first-order valence-corrected chi connectivity index (χ1v) is 6.97. The second-order valence-corrected chi connectivity index (χ2v) is 5.21. The van der Waals surface area contributed by atoms with Crippen LogP contribution in [0.2, 0.25) is 0 Å². The van der Waals surface area contributed by atoms with E-state index < -0.39 is 24.0 Å². The first kappa shape index (κ1) is 15.8. The monoisotopic (exact) mass is 305 g/mol. The highest BCUT2D eigenvalue weighted by atomic mass is 16.5. The summed E-state index contributed by atoms with van der Waals surface area (Å²) in [4.78, 5) is 38.5. The molecule has 0 spiro atoms. The molecule has 0 bridgehead atoms. The van der Waals surface area contributed by atoms with Crippen LogP contribution in [0.15, 0.2) is 24.3 Å². The summed E-state index contributed by atoms with van der Waals surface area (Å²) in [6.07, 6.45) is -1.01. The third-order valence-corrected chi connectivity index (χ3v) is 3.37. The van der Waals surface area contributed by atoms with E-state index in [9.17, 15) is 14.4 Å². The number of ether oxygens (including phenoxy) is 1. The average Bonchev–Trinajstić information content (AvgIpc) is 2.92. The van der Waals surface area contributed by atoms with E-state index in [1.807, 2.05) is 19.0 Å². The number of esters is 1. The van der Waals surface area contributed by atoms with E-state index in [2.05, 4.69) is 5.32 Å². The highest BCUT2D eigenvalue weighted by molar-refractivity contribution is 5.99. The Bertz CT molecular complexity index is 583. The molecular weight excluding hydrogens is 286 g/mol. The number of urea groups is 1. The number of nitrogens with one attached hydrogen (secondary N) is 1. The van der Waals surface area contributed by atoms with Crippen LogP contribution in [0.3, 0.4) is 0 Å². The predicted molar refractivity (Wildman–Crippen MR) is 80.8 cm³/mol. The van der Waals surface area contributed by atoms with Gasteiger partial charge in [-0.1, -0.05) is 0 Å². The Morgan fingerprint density at radius 2 is 1.91 bits per heavy atom. The fourth-order valence-corrected chi connectivity index (χ4v) is 2.08. The van der Waals surface area contributed by atoms with Crippen LogP contribution < -0.4 is 10.2 Å². The number of carbonyl (C=O) groups is 3. The fourth-order valence-electron chi connectivity index (χ4n) is 2.08. The molecular formula is C15H19N3O4. The lowest BCUT2D eigenvalue weighted by molar-refractivity contribution is -0.136. The van der Waals surface area contributed by atoms with E-state index in [0.29, 0.717) is 12.1 Å². The third kappa shape index (κ3) is 3.36. The largest absolute Gasteiger partial charge is 0.449 e. The minimum atomic E-state index is -1.01. The van der Waals surface area contributed by atoms with Gasteiger partial charge in [0, 0.05) is 32.9 Å². The van der Waals surface area contributed by atoms with Crippen molar-refractivity contribution in [2.75, 3.05) is 32.1 Å². The SMILES string of the molecule is CC(OC(=O)c1ccc(N(C)C)cc1)C(=O)N1CCNC1=O. The summed E-state index contributed by atoms with van der Waals surface area (Å²) >= 11 is 0. The van der Waals surface area contributed by atoms with Crippen LogP contribution in [-0.2, 0) is 9.53 Å². The molecule has 22 heavy (non-hydrogen) atoms. The molecule has 1 unspecified atom stereocenters. The molecule has 0 aromatic heterocycles. The van der Waals surface area contributed by atoms with Crippen molar-refractivity contribution >= 4 is 23.6 Å². The Hall–Kier alpha value is -2.57. The van der Waals surface area contributed by atoms with Gasteiger partial charge in [-0.05, 0) is 31.2 Å². The van der Waals surface area contributed by atoms with Crippen molar-refractivity contribution in [3.8, 4) is 0 Å². The van der Waals surface area contributed by atoms with Gasteiger partial charge < -0.3 is 15.0 Å². The zero-order valence-corrected chi connectivity index (χ0v) is 12.8. The van der Waals surface area contributed by atoms with E-state index in [4.69, 9.17) is 4.74 Å². The topological polar surface area (TPSA) is 79.0 Å². The van der Waals surface area contributed by atoms with Crippen molar-refractivity contribution in [2.24, 2.45) is 0 Å². The molecule has 1 aromatic carbocycles. The summed E-state index contributed by atoms with van der Waals surface area (Å²) in [5, 5.41) is 2.53. The molecule has 1 aliphatic rings. The fraction of sp³-hybridized carbons (Fsp3) is 0.400. The lowest BCUT2D eigenvalue weighted by Gasteiger charge is -2.18. The number of carbonyl (C=O) groups excluding carboxylic acids is 3. The van der Waals surface area contributed by atoms with Crippen molar-refractivity contribution in [3.05, 3.63) is 29.8 Å². The van der Waals surface area contributed by atoms with E-state index in [1.54, 1.807) is 24.3 Å². The molecule has 1 atom stereocenters. The lowest BCUT2D eigenvalue weighted by atomic mass is 10.2. The molecule has 1 aliphatic heterocycles. The molecule has 2 rings (SSSR count). The van der Waals surface area contributed by atoms with Gasteiger partial charge in [0.1, 0.15) is 0 Å². The number of nitrogens with zero attached hydrogens (tertiary/aromatic N) is 2. The highest BCUT2D eigenvalue weighted by Gasteiger charge is 2.31. The number of rotatable bonds is 4. The summed E-state index contributed by atoms with van der Waals surface area (Å²) in [5.74, 6) is -1.11. The van der Waals surface area contributed by atoms with Crippen molar-refractivity contribution in [1.29, 1.82) is 0 Å². The molecule has 0 radical (unpaired) electrons. The van der Waals surface area contributed by atoms with Crippen LogP contribution in [0.4, 0.5) is 10.5 Å². The van der Waals surface area contributed by atoms with Gasteiger partial charge >= 0.3 is 12.0 Å². The minimum Gasteiger partial charge on any atom is -0.449 e. The van der Waals surface area contributed by atoms with E-state index in [0.717, 1.165) is 10.6 Å². The normalized spacial score (nSPS) is 15.2. The van der Waals surface area contributed by atoms with Gasteiger partial charge in [-0.25, -0.2) is 9.59 Å². The third-order valence-electron chi connectivity index (χ3n) is 3.37. The molecule has 0 aliphatic carbocycles. The molecule has 1 aromatic rings. The van der Waals surface area contributed by atoms with Crippen LogP contribution in [0.25, 0.3) is 0 Å². The van der Waals surface area contributed by atoms with Gasteiger partial charge in [0.05, 0.1) is 5.56 Å². The zero-order chi connectivity index (χ0) is 16.3. The van der Waals surface area contributed by atoms with Crippen LogP contribution in [0.5, 0.6) is 0 Å². The van der Waals surface area contributed by atoms with Gasteiger partial charge in [0.15, 0.2) is 6.10 Å². The summed E-state index contributed by atoms with van der Waals surface area (Å²) in [7, 11) is 3.80. The van der Waals surface area contributed by atoms with Crippen molar-refractivity contribution in [3.63, 3.8) is 0 Å². The second-order valence-electron chi connectivity index (χ2n) is 5.21. The van der Waals surface area contributed by atoms with Crippen molar-refractivity contribution in [1.82, 2.24) is 10.2 Å². The molecule has 1 heterocycles. The zero-order valence-electron chi connectivity index (χ0n) is 12.8. The summed E-state index contributed by atoms with van der Waals surface area (Å²) < 4.78 is 5.14. The van der Waals surface area contributed by atoms with Crippen molar-refractivity contribution in [2.45, 2.75) is 13.0 Å². The standard InChI is InChI=1S/C15H19N3O4/c1-10(13(19)18-9-8-16-15(18)21)22-14(20)11-4-6-12(7-5-11)17(2)3/h4-7,10H,8-9H2,1-3H3,(H,16,21). The minimum absolute atomic E-state index is 0.289. The van der Waals surface area contributed by atoms with Crippen LogP contribution in [0.1, 0.15) is 17.3 Å². The first-order chi connectivity index (χ1) is 10.4. The summed E-state index contributed by atoms with van der Waals surface area (Å²) in [6.45, 7) is 2.16. The Balaban J connectivity index is 1.98. The molecule has 1 saturated heterocycles. The van der Waals surface area contributed by atoms with Gasteiger partial charge in [-0.15, -0.1) is 0 Å². The summed E-state index contributed by atoms with van der Waals surface area (Å²) in [5.41, 5.74) is 1.31. The maximum absolute atomic E-state index is 12.0. The van der Waals surface area contributed by atoms with Crippen LogP contribution in [0, 0.1) is 0 Å². The molecule has 0 saturated carbocycles.